The van der Waals surface area contributed by atoms with Crippen molar-refractivity contribution < 1.29 is 4.74 Å². The van der Waals surface area contributed by atoms with E-state index in [1.54, 1.807) is 0 Å². The first-order chi connectivity index (χ1) is 14.0. The van der Waals surface area contributed by atoms with Gasteiger partial charge in [0.05, 0.1) is 0 Å². The number of nitrogens with two attached hydrogens (primary N) is 2. The summed E-state index contributed by atoms with van der Waals surface area (Å²) < 4.78 is 6.07. The molecule has 0 unspecified atom stereocenters. The zero-order valence-corrected chi connectivity index (χ0v) is 16.9. The molecule has 0 fully saturated rings. The zero-order valence-electron chi connectivity index (χ0n) is 16.9. The van der Waals surface area contributed by atoms with Crippen molar-refractivity contribution in [2.75, 3.05) is 5.73 Å². The van der Waals surface area contributed by atoms with Crippen molar-refractivity contribution >= 4 is 16.5 Å². The van der Waals surface area contributed by atoms with Gasteiger partial charge in [-0.15, -0.1) is 0 Å². The van der Waals surface area contributed by atoms with Crippen LogP contribution in [0.3, 0.4) is 0 Å². The lowest BCUT2D eigenvalue weighted by atomic mass is 9.97. The number of ether oxygens (including phenoxy) is 1. The Morgan fingerprint density at radius 2 is 1.62 bits per heavy atom. The van der Waals surface area contributed by atoms with Gasteiger partial charge in [0.2, 0.25) is 0 Å². The molecular weight excluding hydrogens is 356 g/mol. The second-order valence-electron chi connectivity index (χ2n) is 7.58. The molecule has 4 aromatic carbocycles. The second-order valence-corrected chi connectivity index (χ2v) is 7.58. The Morgan fingerprint density at radius 1 is 0.828 bits per heavy atom. The van der Waals surface area contributed by atoms with Crippen LogP contribution in [0.25, 0.3) is 21.9 Å². The lowest BCUT2D eigenvalue weighted by Gasteiger charge is -2.13. The Hall–Kier alpha value is -3.30. The topological polar surface area (TPSA) is 61.3 Å². The van der Waals surface area contributed by atoms with E-state index in [0.717, 1.165) is 39.1 Å². The third kappa shape index (κ3) is 4.10. The first kappa shape index (κ1) is 19.0. The molecule has 3 nitrogen and oxygen atoms in total. The van der Waals surface area contributed by atoms with E-state index < -0.39 is 0 Å². The predicted molar refractivity (Wildman–Crippen MR) is 122 cm³/mol. The highest BCUT2D eigenvalue weighted by atomic mass is 16.5. The number of benzene rings is 4. The van der Waals surface area contributed by atoms with Gasteiger partial charge in [-0.25, -0.2) is 0 Å². The molecule has 29 heavy (non-hydrogen) atoms. The molecule has 0 heterocycles. The van der Waals surface area contributed by atoms with Crippen LogP contribution in [-0.4, -0.2) is 0 Å². The molecule has 0 bridgehead atoms. The summed E-state index contributed by atoms with van der Waals surface area (Å²) in [5.41, 5.74) is 19.7. The summed E-state index contributed by atoms with van der Waals surface area (Å²) in [5, 5.41) is 2.37. The van der Waals surface area contributed by atoms with Crippen molar-refractivity contribution in [1.29, 1.82) is 0 Å². The maximum Gasteiger partial charge on any atom is 0.124 e. The first-order valence-electron chi connectivity index (χ1n) is 9.85. The largest absolute Gasteiger partial charge is 0.489 e. The number of rotatable bonds is 5. The monoisotopic (exact) mass is 382 g/mol. The van der Waals surface area contributed by atoms with Gasteiger partial charge >= 0.3 is 0 Å². The van der Waals surface area contributed by atoms with Crippen LogP contribution in [0.5, 0.6) is 5.75 Å². The fourth-order valence-corrected chi connectivity index (χ4v) is 3.79. The zero-order chi connectivity index (χ0) is 20.4. The van der Waals surface area contributed by atoms with Crippen molar-refractivity contribution in [2.24, 2.45) is 5.73 Å². The Labute approximate surface area is 171 Å². The van der Waals surface area contributed by atoms with Crippen LogP contribution in [0.2, 0.25) is 0 Å². The number of fused-ring (bicyclic) bond motifs is 1. The maximum atomic E-state index is 6.07. The van der Waals surface area contributed by atoms with Crippen LogP contribution < -0.4 is 16.2 Å². The molecule has 4 N–H and O–H groups in total. The minimum atomic E-state index is 0.427. The molecule has 0 aliphatic carbocycles. The third-order valence-corrected chi connectivity index (χ3v) is 5.27. The Bertz CT molecular complexity index is 1180. The van der Waals surface area contributed by atoms with Crippen LogP contribution in [-0.2, 0) is 13.2 Å². The molecule has 146 valence electrons. The molecule has 0 atom stereocenters. The smallest absolute Gasteiger partial charge is 0.124 e. The van der Waals surface area contributed by atoms with Crippen LogP contribution in [0.4, 0.5) is 5.69 Å². The lowest BCUT2D eigenvalue weighted by Crippen LogP contribution is -2.03. The average Bonchev–Trinajstić information content (AvgIpc) is 2.71. The van der Waals surface area contributed by atoms with Gasteiger partial charge in [-0.3, -0.25) is 0 Å². The summed E-state index contributed by atoms with van der Waals surface area (Å²) in [6.45, 7) is 5.13. The van der Waals surface area contributed by atoms with Gasteiger partial charge in [-0.05, 0) is 77.2 Å². The standard InChI is InChI=1S/C26H26N2O/c1-17-4-3-5-19(10-17)16-29-26-9-7-21(13-23(26)15-27)20-6-8-25-18(2)11-24(28)14-22(25)12-20/h3-14H,15-16,27-28H2,1-2H3. The fraction of sp³-hybridized carbons (Fsp3) is 0.154. The third-order valence-electron chi connectivity index (χ3n) is 5.27. The van der Waals surface area contributed by atoms with Crippen molar-refractivity contribution in [1.82, 2.24) is 0 Å². The van der Waals surface area contributed by atoms with Gasteiger partial charge in [0.1, 0.15) is 12.4 Å². The fourth-order valence-electron chi connectivity index (χ4n) is 3.79. The SMILES string of the molecule is Cc1cccc(COc2ccc(-c3ccc4c(C)cc(N)cc4c3)cc2CN)c1. The van der Waals surface area contributed by atoms with Crippen molar-refractivity contribution in [3.8, 4) is 16.9 Å². The molecule has 0 spiro atoms. The van der Waals surface area contributed by atoms with E-state index >= 15 is 0 Å². The lowest BCUT2D eigenvalue weighted by molar-refractivity contribution is 0.303. The number of nitrogen functional groups attached to an aromatic ring is 1. The van der Waals surface area contributed by atoms with E-state index in [2.05, 4.69) is 68.4 Å². The molecule has 0 amide bonds. The Morgan fingerprint density at radius 3 is 2.41 bits per heavy atom. The van der Waals surface area contributed by atoms with Crippen molar-refractivity contribution in [3.63, 3.8) is 0 Å². The van der Waals surface area contributed by atoms with Crippen LogP contribution in [0.1, 0.15) is 22.3 Å². The molecular formula is C26H26N2O. The van der Waals surface area contributed by atoms with E-state index in [1.165, 1.54) is 16.5 Å². The number of hydrogen-bond donors (Lipinski definition) is 2. The Balaban J connectivity index is 1.63. The highest BCUT2D eigenvalue weighted by Gasteiger charge is 2.08. The normalized spacial score (nSPS) is 11.0. The minimum absolute atomic E-state index is 0.427. The van der Waals surface area contributed by atoms with Gasteiger partial charge in [0.15, 0.2) is 0 Å². The van der Waals surface area contributed by atoms with Crippen LogP contribution in [0.15, 0.2) is 72.8 Å². The highest BCUT2D eigenvalue weighted by molar-refractivity contribution is 5.92. The number of anilines is 1. The summed E-state index contributed by atoms with van der Waals surface area (Å²) in [4.78, 5) is 0. The average molecular weight is 383 g/mol. The van der Waals surface area contributed by atoms with E-state index in [4.69, 9.17) is 16.2 Å². The summed E-state index contributed by atoms with van der Waals surface area (Å²) in [5.74, 6) is 0.832. The van der Waals surface area contributed by atoms with Gasteiger partial charge in [0.25, 0.3) is 0 Å². The second kappa shape index (κ2) is 7.98. The van der Waals surface area contributed by atoms with Crippen LogP contribution >= 0.6 is 0 Å². The van der Waals surface area contributed by atoms with E-state index in [-0.39, 0.29) is 0 Å². The van der Waals surface area contributed by atoms with Crippen molar-refractivity contribution in [2.45, 2.75) is 27.0 Å². The highest BCUT2D eigenvalue weighted by Crippen LogP contribution is 2.31. The van der Waals surface area contributed by atoms with E-state index in [0.29, 0.717) is 13.2 Å². The Kier molecular flexibility index (Phi) is 5.24. The number of aryl methyl sites for hydroxylation is 2. The molecule has 3 heteroatoms. The quantitative estimate of drug-likeness (QED) is 0.432. The first-order valence-corrected chi connectivity index (χ1v) is 9.85. The predicted octanol–water partition coefficient (Wildman–Crippen LogP) is 5.74. The summed E-state index contributed by atoms with van der Waals surface area (Å²) in [6, 6.07) is 25.1. The summed E-state index contributed by atoms with van der Waals surface area (Å²) in [6.07, 6.45) is 0. The summed E-state index contributed by atoms with van der Waals surface area (Å²) in [7, 11) is 0. The van der Waals surface area contributed by atoms with Gasteiger partial charge in [0, 0.05) is 17.8 Å². The van der Waals surface area contributed by atoms with E-state index in [9.17, 15) is 0 Å². The van der Waals surface area contributed by atoms with Crippen LogP contribution in [0, 0.1) is 13.8 Å². The molecule has 4 aromatic rings. The molecule has 0 saturated heterocycles. The molecule has 0 radical (unpaired) electrons. The van der Waals surface area contributed by atoms with Gasteiger partial charge in [-0.1, -0.05) is 48.0 Å². The minimum Gasteiger partial charge on any atom is -0.489 e. The molecule has 0 aliphatic heterocycles. The molecule has 0 aliphatic rings. The molecule has 4 rings (SSSR count). The molecule has 0 saturated carbocycles. The molecule has 0 aromatic heterocycles. The van der Waals surface area contributed by atoms with E-state index in [1.807, 2.05) is 18.2 Å². The maximum absolute atomic E-state index is 6.07. The van der Waals surface area contributed by atoms with Gasteiger partial charge < -0.3 is 16.2 Å². The van der Waals surface area contributed by atoms with Gasteiger partial charge in [-0.2, -0.15) is 0 Å². The number of hydrogen-bond acceptors (Lipinski definition) is 3. The van der Waals surface area contributed by atoms with Crippen molar-refractivity contribution in [3.05, 3.63) is 95.1 Å². The summed E-state index contributed by atoms with van der Waals surface area (Å²) >= 11 is 0.